The molecule has 0 aliphatic carbocycles. The van der Waals surface area contributed by atoms with Crippen molar-refractivity contribution >= 4 is 16.3 Å². The van der Waals surface area contributed by atoms with E-state index in [4.69, 9.17) is 4.42 Å². The van der Waals surface area contributed by atoms with Crippen LogP contribution >= 0.6 is 11.3 Å². The van der Waals surface area contributed by atoms with Gasteiger partial charge in [0.2, 0.25) is 5.89 Å². The molecule has 1 atom stereocenters. The molecular formula is C10H11N3O3S. The lowest BCUT2D eigenvalue weighted by Crippen LogP contribution is -2.12. The summed E-state index contributed by atoms with van der Waals surface area (Å²) in [6.07, 6.45) is 1.58. The number of aromatic nitrogens is 1. The monoisotopic (exact) mass is 253 g/mol. The van der Waals surface area contributed by atoms with Gasteiger partial charge in [0.05, 0.1) is 22.0 Å². The number of hydrogen-bond acceptors (Lipinski definition) is 6. The van der Waals surface area contributed by atoms with Crippen LogP contribution in [-0.4, -0.2) is 17.0 Å². The molecular weight excluding hydrogens is 242 g/mol. The minimum Gasteiger partial charge on any atom is -0.438 e. The Morgan fingerprint density at radius 1 is 1.59 bits per heavy atom. The molecule has 0 bridgehead atoms. The Bertz CT molecular complexity index is 534. The average molecular weight is 253 g/mol. The van der Waals surface area contributed by atoms with Crippen LogP contribution < -0.4 is 5.32 Å². The zero-order chi connectivity index (χ0) is 12.4. The number of nitro groups is 1. The van der Waals surface area contributed by atoms with Crippen molar-refractivity contribution in [3.8, 4) is 10.6 Å². The van der Waals surface area contributed by atoms with Gasteiger partial charge in [-0.05, 0) is 20.0 Å². The Hall–Kier alpha value is -1.73. The molecule has 0 spiro atoms. The maximum Gasteiger partial charge on any atom is 0.324 e. The van der Waals surface area contributed by atoms with E-state index in [1.165, 1.54) is 6.07 Å². The molecule has 2 aromatic heterocycles. The summed E-state index contributed by atoms with van der Waals surface area (Å²) in [5, 5.41) is 13.7. The minimum absolute atomic E-state index is 0.0127. The molecule has 2 rings (SSSR count). The third kappa shape index (κ3) is 2.34. The molecule has 2 heterocycles. The molecule has 0 saturated heterocycles. The van der Waals surface area contributed by atoms with Crippen molar-refractivity contribution in [1.29, 1.82) is 0 Å². The van der Waals surface area contributed by atoms with Crippen LogP contribution in [0.1, 0.15) is 18.9 Å². The highest BCUT2D eigenvalue weighted by molar-refractivity contribution is 7.18. The van der Waals surface area contributed by atoms with Crippen LogP contribution in [0.15, 0.2) is 22.7 Å². The zero-order valence-electron chi connectivity index (χ0n) is 9.34. The first-order valence-electron chi connectivity index (χ1n) is 4.99. The normalized spacial score (nSPS) is 12.6. The van der Waals surface area contributed by atoms with Crippen LogP contribution in [0.5, 0.6) is 0 Å². The highest BCUT2D eigenvalue weighted by atomic mass is 32.1. The van der Waals surface area contributed by atoms with Crippen molar-refractivity contribution in [3.63, 3.8) is 0 Å². The van der Waals surface area contributed by atoms with Crippen molar-refractivity contribution < 1.29 is 9.34 Å². The largest absolute Gasteiger partial charge is 0.438 e. The second-order valence-corrected chi connectivity index (χ2v) is 4.53. The lowest BCUT2D eigenvalue weighted by Gasteiger charge is -2.03. The van der Waals surface area contributed by atoms with E-state index in [9.17, 15) is 10.1 Å². The van der Waals surface area contributed by atoms with Crippen molar-refractivity contribution in [2.75, 3.05) is 7.05 Å². The number of oxazole rings is 1. The Balaban J connectivity index is 2.27. The molecule has 0 saturated carbocycles. The van der Waals surface area contributed by atoms with E-state index in [0.717, 1.165) is 11.3 Å². The van der Waals surface area contributed by atoms with Crippen molar-refractivity contribution in [2.45, 2.75) is 13.0 Å². The van der Waals surface area contributed by atoms with Crippen LogP contribution in [0.4, 0.5) is 5.00 Å². The molecule has 90 valence electrons. The maximum absolute atomic E-state index is 10.6. The summed E-state index contributed by atoms with van der Waals surface area (Å²) in [5.41, 5.74) is 0. The Morgan fingerprint density at radius 3 is 2.94 bits per heavy atom. The molecule has 1 N–H and O–H groups in total. The first-order valence-corrected chi connectivity index (χ1v) is 5.81. The predicted molar refractivity (Wildman–Crippen MR) is 63.9 cm³/mol. The molecule has 0 fully saturated rings. The third-order valence-electron chi connectivity index (χ3n) is 2.34. The third-order valence-corrected chi connectivity index (χ3v) is 3.39. The fourth-order valence-corrected chi connectivity index (χ4v) is 2.05. The molecule has 17 heavy (non-hydrogen) atoms. The number of thiophene rings is 1. The van der Waals surface area contributed by atoms with Crippen molar-refractivity contribution in [1.82, 2.24) is 10.3 Å². The molecule has 0 amide bonds. The number of nitrogens with one attached hydrogen (secondary N) is 1. The Labute approximate surface area is 101 Å². The summed E-state index contributed by atoms with van der Waals surface area (Å²) < 4.78 is 5.53. The minimum atomic E-state index is -0.415. The molecule has 0 aromatic carbocycles. The van der Waals surface area contributed by atoms with Crippen molar-refractivity contribution in [2.24, 2.45) is 0 Å². The second-order valence-electron chi connectivity index (χ2n) is 3.47. The van der Waals surface area contributed by atoms with Gasteiger partial charge in [0.1, 0.15) is 0 Å². The fourth-order valence-electron chi connectivity index (χ4n) is 1.28. The standard InChI is InChI=1S/C10H11N3O3S/c1-6(11-2)10-12-5-7(16-10)8-3-4-9(17-8)13(14)15/h3-6,11H,1-2H3. The fraction of sp³-hybridized carbons (Fsp3) is 0.300. The zero-order valence-corrected chi connectivity index (χ0v) is 10.2. The van der Waals surface area contributed by atoms with Gasteiger partial charge in [0, 0.05) is 6.07 Å². The number of rotatable bonds is 4. The lowest BCUT2D eigenvalue weighted by molar-refractivity contribution is -0.380. The number of hydrogen-bond donors (Lipinski definition) is 1. The lowest BCUT2D eigenvalue weighted by atomic mass is 10.3. The summed E-state index contributed by atoms with van der Waals surface area (Å²) in [7, 11) is 1.81. The van der Waals surface area contributed by atoms with Gasteiger partial charge in [0.25, 0.3) is 0 Å². The summed E-state index contributed by atoms with van der Waals surface area (Å²) in [5.74, 6) is 1.12. The van der Waals surface area contributed by atoms with Crippen LogP contribution in [0.25, 0.3) is 10.6 Å². The van der Waals surface area contributed by atoms with E-state index < -0.39 is 4.92 Å². The van der Waals surface area contributed by atoms with E-state index in [2.05, 4.69) is 10.3 Å². The smallest absolute Gasteiger partial charge is 0.324 e. The summed E-state index contributed by atoms with van der Waals surface area (Å²) in [6, 6.07) is 3.14. The molecule has 1 unspecified atom stereocenters. The van der Waals surface area contributed by atoms with Gasteiger partial charge in [-0.1, -0.05) is 11.3 Å². The predicted octanol–water partition coefficient (Wildman–Crippen LogP) is 2.59. The van der Waals surface area contributed by atoms with Gasteiger partial charge in [-0.2, -0.15) is 0 Å². The Kier molecular flexibility index (Phi) is 3.21. The van der Waals surface area contributed by atoms with Crippen LogP contribution in [0.2, 0.25) is 0 Å². The van der Waals surface area contributed by atoms with Gasteiger partial charge in [0.15, 0.2) is 5.76 Å². The number of nitrogens with zero attached hydrogens (tertiary/aromatic N) is 2. The van der Waals surface area contributed by atoms with E-state index in [1.54, 1.807) is 12.3 Å². The second kappa shape index (κ2) is 4.64. The first kappa shape index (κ1) is 11.7. The average Bonchev–Trinajstić information content (AvgIpc) is 2.95. The highest BCUT2D eigenvalue weighted by Crippen LogP contribution is 2.33. The topological polar surface area (TPSA) is 81.2 Å². The molecule has 0 radical (unpaired) electrons. The molecule has 6 nitrogen and oxygen atoms in total. The van der Waals surface area contributed by atoms with Gasteiger partial charge in [-0.3, -0.25) is 10.1 Å². The van der Waals surface area contributed by atoms with E-state index in [0.29, 0.717) is 16.5 Å². The van der Waals surface area contributed by atoms with Crippen LogP contribution in [0, 0.1) is 10.1 Å². The molecule has 7 heteroatoms. The summed E-state index contributed by atoms with van der Waals surface area (Å²) in [4.78, 5) is 15.0. The highest BCUT2D eigenvalue weighted by Gasteiger charge is 2.16. The van der Waals surface area contributed by atoms with E-state index >= 15 is 0 Å². The van der Waals surface area contributed by atoms with E-state index in [1.807, 2.05) is 14.0 Å². The maximum atomic E-state index is 10.6. The molecule has 2 aromatic rings. The molecule has 0 aliphatic rings. The van der Waals surface area contributed by atoms with Crippen LogP contribution in [-0.2, 0) is 0 Å². The van der Waals surface area contributed by atoms with Gasteiger partial charge in [-0.25, -0.2) is 4.98 Å². The summed E-state index contributed by atoms with van der Waals surface area (Å²) >= 11 is 1.07. The SMILES string of the molecule is CNC(C)c1ncc(-c2ccc([N+](=O)[O-])s2)o1. The van der Waals surface area contributed by atoms with Crippen molar-refractivity contribution in [3.05, 3.63) is 34.3 Å². The van der Waals surface area contributed by atoms with Gasteiger partial charge < -0.3 is 9.73 Å². The molecule has 0 aliphatic heterocycles. The Morgan fingerprint density at radius 2 is 2.35 bits per heavy atom. The first-order chi connectivity index (χ1) is 8.11. The van der Waals surface area contributed by atoms with E-state index in [-0.39, 0.29) is 11.0 Å². The summed E-state index contributed by atoms with van der Waals surface area (Å²) in [6.45, 7) is 1.92. The van der Waals surface area contributed by atoms with Gasteiger partial charge in [-0.15, -0.1) is 0 Å². The van der Waals surface area contributed by atoms with Gasteiger partial charge >= 0.3 is 5.00 Å². The quantitative estimate of drug-likeness (QED) is 0.669. The van der Waals surface area contributed by atoms with Crippen LogP contribution in [0.3, 0.4) is 0 Å².